The summed E-state index contributed by atoms with van der Waals surface area (Å²) in [4.78, 5) is 0. The van der Waals surface area contributed by atoms with Crippen LogP contribution in [-0.2, 0) is 32.2 Å². The normalized spacial score (nSPS) is 27.6. The fourth-order valence-corrected chi connectivity index (χ4v) is 3.90. The van der Waals surface area contributed by atoms with Crippen molar-refractivity contribution in [2.24, 2.45) is 11.8 Å². The van der Waals surface area contributed by atoms with E-state index in [0.29, 0.717) is 19.8 Å². The molecule has 0 N–H and O–H groups in total. The fraction of sp³-hybridized carbons (Fsp3) is 0.500. The fourth-order valence-electron chi connectivity index (χ4n) is 3.90. The van der Waals surface area contributed by atoms with E-state index in [1.807, 2.05) is 36.4 Å². The number of hydrogen-bond acceptors (Lipinski definition) is 4. The largest absolute Gasteiger partial charge is 0.377 e. The first-order valence-electron chi connectivity index (χ1n) is 10.1. The highest BCUT2D eigenvalue weighted by molar-refractivity contribution is 5.14. The van der Waals surface area contributed by atoms with E-state index in [-0.39, 0.29) is 30.3 Å². The van der Waals surface area contributed by atoms with Gasteiger partial charge in [-0.2, -0.15) is 0 Å². The van der Waals surface area contributed by atoms with Crippen LogP contribution in [0.3, 0.4) is 0 Å². The Labute approximate surface area is 168 Å². The molecule has 152 valence electrons. The van der Waals surface area contributed by atoms with E-state index in [1.54, 1.807) is 7.11 Å². The summed E-state index contributed by atoms with van der Waals surface area (Å²) in [6.45, 7) is 6.23. The highest BCUT2D eigenvalue weighted by Gasteiger charge is 2.42. The topological polar surface area (TPSA) is 36.9 Å². The van der Waals surface area contributed by atoms with Crippen molar-refractivity contribution in [3.8, 4) is 0 Å². The maximum absolute atomic E-state index is 6.33. The predicted octanol–water partition coefficient (Wildman–Crippen LogP) is 4.82. The molecule has 5 atom stereocenters. The van der Waals surface area contributed by atoms with Crippen molar-refractivity contribution in [1.82, 2.24) is 0 Å². The molecule has 1 aliphatic heterocycles. The SMILES string of the molecule is CO[C@H]1O[C@H](CCOCc2ccccc2)[C@H](C)[C@H](OCc2ccccc2)[C@@H]1C. The van der Waals surface area contributed by atoms with Crippen LogP contribution >= 0.6 is 0 Å². The van der Waals surface area contributed by atoms with Crippen LogP contribution < -0.4 is 0 Å². The molecule has 4 nitrogen and oxygen atoms in total. The van der Waals surface area contributed by atoms with Crippen molar-refractivity contribution in [2.45, 2.75) is 52.0 Å². The first kappa shape index (κ1) is 21.0. The van der Waals surface area contributed by atoms with Crippen LogP contribution in [0.4, 0.5) is 0 Å². The van der Waals surface area contributed by atoms with Gasteiger partial charge in [0.15, 0.2) is 6.29 Å². The third kappa shape index (κ3) is 5.65. The lowest BCUT2D eigenvalue weighted by atomic mass is 9.84. The molecule has 0 unspecified atom stereocenters. The van der Waals surface area contributed by atoms with Gasteiger partial charge in [0.05, 0.1) is 25.4 Å². The van der Waals surface area contributed by atoms with Crippen LogP contribution in [0.15, 0.2) is 60.7 Å². The van der Waals surface area contributed by atoms with Crippen LogP contribution in [0.5, 0.6) is 0 Å². The maximum Gasteiger partial charge on any atom is 0.162 e. The third-order valence-corrected chi connectivity index (χ3v) is 5.54. The summed E-state index contributed by atoms with van der Waals surface area (Å²) < 4.78 is 24.0. The monoisotopic (exact) mass is 384 g/mol. The van der Waals surface area contributed by atoms with Crippen molar-refractivity contribution in [1.29, 1.82) is 0 Å². The minimum Gasteiger partial charge on any atom is -0.377 e. The molecule has 4 heteroatoms. The van der Waals surface area contributed by atoms with Crippen LogP contribution in [0.1, 0.15) is 31.4 Å². The number of ether oxygens (including phenoxy) is 4. The molecule has 0 aliphatic carbocycles. The Bertz CT molecular complexity index is 676. The standard InChI is InChI=1S/C24H32O4/c1-18-22(14-15-26-16-20-10-6-4-7-11-20)28-24(25-3)19(2)23(18)27-17-21-12-8-5-9-13-21/h4-13,18-19,22-24H,14-17H2,1-3H3/t18-,19-,22+,23-,24-/m0/s1. The Balaban J connectivity index is 1.53. The Morgan fingerprint density at radius 3 is 2.04 bits per heavy atom. The molecule has 28 heavy (non-hydrogen) atoms. The number of rotatable bonds is 9. The minimum absolute atomic E-state index is 0.0534. The zero-order chi connectivity index (χ0) is 19.8. The van der Waals surface area contributed by atoms with E-state index in [0.717, 1.165) is 6.42 Å². The Morgan fingerprint density at radius 2 is 1.43 bits per heavy atom. The van der Waals surface area contributed by atoms with E-state index < -0.39 is 0 Å². The Kier molecular flexibility index (Phi) is 8.04. The van der Waals surface area contributed by atoms with Crippen LogP contribution in [0.2, 0.25) is 0 Å². The molecule has 1 aliphatic rings. The summed E-state index contributed by atoms with van der Waals surface area (Å²) in [6.07, 6.45) is 0.706. The van der Waals surface area contributed by atoms with Gasteiger partial charge in [0, 0.05) is 25.6 Å². The molecule has 0 saturated carbocycles. The van der Waals surface area contributed by atoms with Crippen molar-refractivity contribution < 1.29 is 18.9 Å². The molecule has 0 bridgehead atoms. The van der Waals surface area contributed by atoms with E-state index in [9.17, 15) is 0 Å². The van der Waals surface area contributed by atoms with Crippen LogP contribution in [0.25, 0.3) is 0 Å². The second kappa shape index (κ2) is 10.7. The van der Waals surface area contributed by atoms with Gasteiger partial charge in [-0.1, -0.05) is 74.5 Å². The van der Waals surface area contributed by atoms with Crippen LogP contribution in [-0.4, -0.2) is 32.2 Å². The summed E-state index contributed by atoms with van der Waals surface area (Å²) in [6, 6.07) is 20.5. The molecule has 0 amide bonds. The average Bonchev–Trinajstić information content (AvgIpc) is 2.74. The number of hydrogen-bond donors (Lipinski definition) is 0. The van der Waals surface area contributed by atoms with E-state index in [4.69, 9.17) is 18.9 Å². The second-order valence-corrected chi connectivity index (χ2v) is 7.58. The molecule has 1 fully saturated rings. The van der Waals surface area contributed by atoms with Crippen molar-refractivity contribution in [3.63, 3.8) is 0 Å². The summed E-state index contributed by atoms with van der Waals surface area (Å²) in [7, 11) is 1.70. The Hall–Kier alpha value is -1.72. The van der Waals surface area contributed by atoms with Gasteiger partial charge in [-0.3, -0.25) is 0 Å². The lowest BCUT2D eigenvalue weighted by Gasteiger charge is -2.44. The van der Waals surface area contributed by atoms with Gasteiger partial charge in [-0.15, -0.1) is 0 Å². The molecule has 2 aromatic carbocycles. The minimum atomic E-state index is -0.254. The first-order valence-corrected chi connectivity index (χ1v) is 10.1. The van der Waals surface area contributed by atoms with Gasteiger partial charge in [0.1, 0.15) is 0 Å². The molecular weight excluding hydrogens is 352 g/mol. The summed E-state index contributed by atoms with van der Waals surface area (Å²) in [5.41, 5.74) is 2.37. The lowest BCUT2D eigenvalue weighted by Crippen LogP contribution is -2.51. The third-order valence-electron chi connectivity index (χ3n) is 5.54. The molecule has 0 aromatic heterocycles. The quantitative estimate of drug-likeness (QED) is 0.581. The summed E-state index contributed by atoms with van der Waals surface area (Å²) in [5.74, 6) is 0.440. The zero-order valence-corrected chi connectivity index (χ0v) is 17.1. The molecule has 0 spiro atoms. The van der Waals surface area contributed by atoms with Crippen LogP contribution in [0, 0.1) is 11.8 Å². The van der Waals surface area contributed by atoms with Gasteiger partial charge >= 0.3 is 0 Å². The maximum atomic E-state index is 6.33. The lowest BCUT2D eigenvalue weighted by molar-refractivity contribution is -0.265. The highest BCUT2D eigenvalue weighted by atomic mass is 16.7. The summed E-state index contributed by atoms with van der Waals surface area (Å²) >= 11 is 0. The predicted molar refractivity (Wildman–Crippen MR) is 110 cm³/mol. The zero-order valence-electron chi connectivity index (χ0n) is 17.1. The average molecular weight is 385 g/mol. The van der Waals surface area contributed by atoms with Crippen molar-refractivity contribution in [2.75, 3.05) is 13.7 Å². The van der Waals surface area contributed by atoms with E-state index in [2.05, 4.69) is 38.1 Å². The molecular formula is C24H32O4. The van der Waals surface area contributed by atoms with Crippen molar-refractivity contribution >= 4 is 0 Å². The molecule has 0 radical (unpaired) electrons. The van der Waals surface area contributed by atoms with Gasteiger partial charge in [-0.05, 0) is 17.5 Å². The van der Waals surface area contributed by atoms with Gasteiger partial charge in [-0.25, -0.2) is 0 Å². The first-order chi connectivity index (χ1) is 13.7. The van der Waals surface area contributed by atoms with Gasteiger partial charge in [0.2, 0.25) is 0 Å². The molecule has 1 heterocycles. The summed E-state index contributed by atoms with van der Waals surface area (Å²) in [5, 5.41) is 0. The van der Waals surface area contributed by atoms with Crippen molar-refractivity contribution in [3.05, 3.63) is 71.8 Å². The number of benzene rings is 2. The van der Waals surface area contributed by atoms with Gasteiger partial charge < -0.3 is 18.9 Å². The van der Waals surface area contributed by atoms with Gasteiger partial charge in [0.25, 0.3) is 0 Å². The second-order valence-electron chi connectivity index (χ2n) is 7.58. The Morgan fingerprint density at radius 1 is 0.821 bits per heavy atom. The van der Waals surface area contributed by atoms with E-state index in [1.165, 1.54) is 11.1 Å². The molecule has 1 saturated heterocycles. The highest BCUT2D eigenvalue weighted by Crippen LogP contribution is 2.34. The molecule has 2 aromatic rings. The molecule has 3 rings (SSSR count). The number of methoxy groups -OCH3 is 1. The van der Waals surface area contributed by atoms with E-state index >= 15 is 0 Å². The smallest absolute Gasteiger partial charge is 0.162 e.